The largest absolute Gasteiger partial charge is 0.263 e. The molecule has 0 fully saturated rings. The van der Waals surface area contributed by atoms with E-state index in [-0.39, 0.29) is 15.7 Å². The van der Waals surface area contributed by atoms with Gasteiger partial charge in [0.2, 0.25) is 0 Å². The van der Waals surface area contributed by atoms with Crippen LogP contribution in [0.5, 0.6) is 0 Å². The van der Waals surface area contributed by atoms with Crippen LogP contribution in [0.2, 0.25) is 5.02 Å². The number of benzene rings is 1. The van der Waals surface area contributed by atoms with E-state index in [0.717, 1.165) is 18.2 Å². The van der Waals surface area contributed by atoms with E-state index in [4.69, 9.17) is 11.6 Å². The first-order valence-corrected chi connectivity index (χ1v) is 6.61. The summed E-state index contributed by atoms with van der Waals surface area (Å²) in [5.74, 6) is -0.618. The van der Waals surface area contributed by atoms with Gasteiger partial charge >= 0.3 is 0 Å². The van der Waals surface area contributed by atoms with Crippen LogP contribution in [0.1, 0.15) is 0 Å². The van der Waals surface area contributed by atoms with E-state index in [1.807, 2.05) is 0 Å². The lowest BCUT2D eigenvalue weighted by Crippen LogP contribution is -2.14. The van der Waals surface area contributed by atoms with E-state index in [0.29, 0.717) is 0 Å². The van der Waals surface area contributed by atoms with E-state index >= 15 is 0 Å². The molecule has 0 aliphatic carbocycles. The minimum atomic E-state index is -3.86. The van der Waals surface area contributed by atoms with Crippen molar-refractivity contribution in [2.75, 3.05) is 4.72 Å². The van der Waals surface area contributed by atoms with Gasteiger partial charge < -0.3 is 0 Å². The van der Waals surface area contributed by atoms with Gasteiger partial charge in [0.25, 0.3) is 10.0 Å². The molecule has 0 radical (unpaired) electrons. The van der Waals surface area contributed by atoms with Gasteiger partial charge in [-0.2, -0.15) is 5.10 Å². The second-order valence-corrected chi connectivity index (χ2v) is 5.38. The maximum Gasteiger partial charge on any atom is 0.263 e. The van der Waals surface area contributed by atoms with Crippen LogP contribution in [0.25, 0.3) is 0 Å². The molecule has 1 N–H and O–H groups in total. The number of aromatic nitrogens is 2. The summed E-state index contributed by atoms with van der Waals surface area (Å²) in [6.07, 6.45) is 1.41. The van der Waals surface area contributed by atoms with E-state index < -0.39 is 15.8 Å². The molecule has 5 nitrogen and oxygen atoms in total. The van der Waals surface area contributed by atoms with Crippen molar-refractivity contribution in [3.8, 4) is 0 Å². The summed E-state index contributed by atoms with van der Waals surface area (Å²) in [4.78, 5) is -0.153. The fourth-order valence-electron chi connectivity index (χ4n) is 1.20. The normalized spacial score (nSPS) is 11.2. The summed E-state index contributed by atoms with van der Waals surface area (Å²) in [6, 6.07) is 6.08. The van der Waals surface area contributed by atoms with Crippen LogP contribution in [0, 0.1) is 5.82 Å². The fraction of sp³-hybridized carbons (Fsp3) is 0. The predicted octanol–water partition coefficient (Wildman–Crippen LogP) is 2.07. The molecular formula is C10H7ClFN3O2S. The Labute approximate surface area is 108 Å². The number of rotatable bonds is 3. The maximum absolute atomic E-state index is 12.9. The zero-order valence-electron chi connectivity index (χ0n) is 8.84. The van der Waals surface area contributed by atoms with Gasteiger partial charge in [-0.3, -0.25) is 4.72 Å². The molecule has 0 saturated heterocycles. The molecule has 2 rings (SSSR count). The highest BCUT2D eigenvalue weighted by Crippen LogP contribution is 2.20. The molecule has 0 spiro atoms. The van der Waals surface area contributed by atoms with Gasteiger partial charge in [0.05, 0.1) is 9.92 Å². The van der Waals surface area contributed by atoms with Gasteiger partial charge in [-0.1, -0.05) is 11.6 Å². The number of hydrogen-bond donors (Lipinski definition) is 1. The molecule has 0 saturated carbocycles. The standard InChI is InChI=1S/C10H7ClFN3O2S/c11-8-6-7(3-4-9(8)12)18(16,17)15-10-2-1-5-13-14-10/h1-6H,(H,14,15). The average molecular weight is 288 g/mol. The van der Waals surface area contributed by atoms with Crippen LogP contribution in [-0.4, -0.2) is 18.6 Å². The molecular weight excluding hydrogens is 281 g/mol. The third kappa shape index (κ3) is 2.74. The zero-order chi connectivity index (χ0) is 13.2. The van der Waals surface area contributed by atoms with Crippen molar-refractivity contribution in [2.45, 2.75) is 4.90 Å². The maximum atomic E-state index is 12.9. The molecule has 1 aromatic carbocycles. The number of nitrogens with one attached hydrogen (secondary N) is 1. The third-order valence-electron chi connectivity index (χ3n) is 2.01. The Bertz CT molecular complexity index is 664. The van der Waals surface area contributed by atoms with Crippen molar-refractivity contribution < 1.29 is 12.8 Å². The SMILES string of the molecule is O=S(=O)(Nc1cccnn1)c1ccc(F)c(Cl)c1. The first kappa shape index (κ1) is 12.7. The van der Waals surface area contributed by atoms with Gasteiger partial charge in [0.15, 0.2) is 5.82 Å². The molecule has 8 heteroatoms. The molecule has 1 aromatic heterocycles. The molecule has 0 aliphatic rings. The highest BCUT2D eigenvalue weighted by molar-refractivity contribution is 7.92. The van der Waals surface area contributed by atoms with Crippen molar-refractivity contribution >= 4 is 27.4 Å². The molecule has 1 heterocycles. The van der Waals surface area contributed by atoms with Crippen LogP contribution in [0.15, 0.2) is 41.4 Å². The highest BCUT2D eigenvalue weighted by atomic mass is 35.5. The Morgan fingerprint density at radius 2 is 2.06 bits per heavy atom. The topological polar surface area (TPSA) is 72.0 Å². The second kappa shape index (κ2) is 4.87. The fourth-order valence-corrected chi connectivity index (χ4v) is 2.46. The van der Waals surface area contributed by atoms with Crippen molar-refractivity contribution in [1.29, 1.82) is 0 Å². The first-order chi connectivity index (χ1) is 8.49. The Kier molecular flexibility index (Phi) is 3.44. The van der Waals surface area contributed by atoms with Gasteiger partial charge in [0.1, 0.15) is 5.82 Å². The van der Waals surface area contributed by atoms with Crippen molar-refractivity contribution in [3.05, 3.63) is 47.4 Å². The minimum absolute atomic E-state index is 0.0675. The van der Waals surface area contributed by atoms with Crippen LogP contribution in [0.4, 0.5) is 10.2 Å². The molecule has 0 atom stereocenters. The van der Waals surface area contributed by atoms with Gasteiger partial charge in [-0.25, -0.2) is 12.8 Å². The number of hydrogen-bond acceptors (Lipinski definition) is 4. The summed E-state index contributed by atoms with van der Waals surface area (Å²) >= 11 is 5.53. The molecule has 0 unspecified atom stereocenters. The summed E-state index contributed by atoms with van der Waals surface area (Å²) in [5, 5.41) is 6.85. The Hall–Kier alpha value is -1.73. The van der Waals surface area contributed by atoms with Crippen LogP contribution < -0.4 is 4.72 Å². The van der Waals surface area contributed by atoms with Crippen molar-refractivity contribution in [2.24, 2.45) is 0 Å². The second-order valence-electron chi connectivity index (χ2n) is 3.29. The van der Waals surface area contributed by atoms with Crippen LogP contribution in [-0.2, 0) is 10.0 Å². The van der Waals surface area contributed by atoms with E-state index in [2.05, 4.69) is 14.9 Å². The van der Waals surface area contributed by atoms with Crippen molar-refractivity contribution in [1.82, 2.24) is 10.2 Å². The van der Waals surface area contributed by atoms with Crippen molar-refractivity contribution in [3.63, 3.8) is 0 Å². The van der Waals surface area contributed by atoms with Crippen LogP contribution in [0.3, 0.4) is 0 Å². The quantitative estimate of drug-likeness (QED) is 0.938. The summed E-state index contributed by atoms with van der Waals surface area (Å²) in [6.45, 7) is 0. The van der Waals surface area contributed by atoms with E-state index in [9.17, 15) is 12.8 Å². The van der Waals surface area contributed by atoms with Crippen LogP contribution >= 0.6 is 11.6 Å². The summed E-state index contributed by atoms with van der Waals surface area (Å²) in [7, 11) is -3.86. The zero-order valence-corrected chi connectivity index (χ0v) is 10.4. The third-order valence-corrected chi connectivity index (χ3v) is 3.65. The summed E-state index contributed by atoms with van der Waals surface area (Å²) < 4.78 is 39.0. The molecule has 0 bridgehead atoms. The lowest BCUT2D eigenvalue weighted by Gasteiger charge is -2.06. The molecule has 94 valence electrons. The molecule has 0 amide bonds. The monoisotopic (exact) mass is 287 g/mol. The lowest BCUT2D eigenvalue weighted by atomic mass is 10.3. The Morgan fingerprint density at radius 3 is 2.67 bits per heavy atom. The van der Waals surface area contributed by atoms with Gasteiger partial charge in [0, 0.05) is 6.20 Å². The Morgan fingerprint density at radius 1 is 1.28 bits per heavy atom. The lowest BCUT2D eigenvalue weighted by molar-refractivity contribution is 0.599. The molecule has 18 heavy (non-hydrogen) atoms. The van der Waals surface area contributed by atoms with Gasteiger partial charge in [-0.05, 0) is 30.3 Å². The molecule has 2 aromatic rings. The molecule has 0 aliphatic heterocycles. The summed E-state index contributed by atoms with van der Waals surface area (Å²) in [5.41, 5.74) is 0. The first-order valence-electron chi connectivity index (χ1n) is 4.74. The predicted molar refractivity (Wildman–Crippen MR) is 64.3 cm³/mol. The van der Waals surface area contributed by atoms with E-state index in [1.54, 1.807) is 0 Å². The number of halogens is 2. The van der Waals surface area contributed by atoms with Gasteiger partial charge in [-0.15, -0.1) is 5.10 Å². The number of anilines is 1. The number of sulfonamides is 1. The average Bonchev–Trinajstić information content (AvgIpc) is 2.33. The number of nitrogens with zero attached hydrogens (tertiary/aromatic N) is 2. The smallest absolute Gasteiger partial charge is 0.262 e. The highest BCUT2D eigenvalue weighted by Gasteiger charge is 2.16. The van der Waals surface area contributed by atoms with E-state index in [1.165, 1.54) is 18.3 Å². The Balaban J connectivity index is 2.34. The minimum Gasteiger partial charge on any atom is -0.262 e.